The van der Waals surface area contributed by atoms with Crippen LogP contribution in [0.15, 0.2) is 40.8 Å². The topological polar surface area (TPSA) is 94.3 Å². The van der Waals surface area contributed by atoms with Crippen LogP contribution >= 0.6 is 0 Å². The van der Waals surface area contributed by atoms with Crippen molar-refractivity contribution in [3.05, 3.63) is 53.5 Å². The normalized spacial score (nSPS) is 10.5. The number of aryl methyl sites for hydroxylation is 1. The Morgan fingerprint density at radius 1 is 1.10 bits per heavy atom. The van der Waals surface area contributed by atoms with Crippen LogP contribution < -0.4 is 16.8 Å². The van der Waals surface area contributed by atoms with Gasteiger partial charge in [0, 0.05) is 18.7 Å². The van der Waals surface area contributed by atoms with Crippen molar-refractivity contribution in [2.75, 3.05) is 11.9 Å². The molecule has 2 aromatic rings. The summed E-state index contributed by atoms with van der Waals surface area (Å²) < 4.78 is 5.48. The van der Waals surface area contributed by atoms with Gasteiger partial charge in [-0.2, -0.15) is 0 Å². The van der Waals surface area contributed by atoms with E-state index in [0.717, 1.165) is 24.2 Å². The minimum atomic E-state index is -0.260. The van der Waals surface area contributed by atoms with Crippen molar-refractivity contribution in [1.82, 2.24) is 0 Å². The molecule has 0 aliphatic rings. The molecule has 0 radical (unpaired) electrons. The van der Waals surface area contributed by atoms with Crippen LogP contribution in [0.5, 0.6) is 0 Å². The summed E-state index contributed by atoms with van der Waals surface area (Å²) in [4.78, 5) is 12.0. The lowest BCUT2D eigenvalue weighted by Gasteiger charge is -2.04. The van der Waals surface area contributed by atoms with E-state index in [-0.39, 0.29) is 5.91 Å². The predicted octanol–water partition coefficient (Wildman–Crippen LogP) is 1.88. The Morgan fingerprint density at radius 2 is 1.85 bits per heavy atom. The highest BCUT2D eigenvalue weighted by Crippen LogP contribution is 2.14. The number of furan rings is 1. The van der Waals surface area contributed by atoms with E-state index in [1.54, 1.807) is 6.07 Å². The Bertz CT molecular complexity index is 561. The zero-order valence-electron chi connectivity index (χ0n) is 11.3. The maximum absolute atomic E-state index is 12.0. The number of anilines is 1. The summed E-state index contributed by atoms with van der Waals surface area (Å²) in [5.74, 6) is 0.823. The number of benzene rings is 1. The van der Waals surface area contributed by atoms with Gasteiger partial charge in [0.2, 0.25) is 0 Å². The number of hydrogen-bond acceptors (Lipinski definition) is 4. The zero-order chi connectivity index (χ0) is 14.4. The minimum Gasteiger partial charge on any atom is -0.456 e. The molecule has 0 spiro atoms. The summed E-state index contributed by atoms with van der Waals surface area (Å²) in [6.45, 7) is 1.09. The summed E-state index contributed by atoms with van der Waals surface area (Å²) in [6, 6.07) is 10.9. The second-order valence-electron chi connectivity index (χ2n) is 4.51. The van der Waals surface area contributed by atoms with E-state index in [0.29, 0.717) is 24.5 Å². The number of nitrogens with one attached hydrogen (secondary N) is 1. The second kappa shape index (κ2) is 6.88. The highest BCUT2D eigenvalue weighted by Gasteiger charge is 2.11. The first-order valence-electron chi connectivity index (χ1n) is 6.62. The fourth-order valence-corrected chi connectivity index (χ4v) is 1.83. The van der Waals surface area contributed by atoms with Crippen molar-refractivity contribution in [2.24, 2.45) is 11.5 Å². The fraction of sp³-hybridized carbons (Fsp3) is 0.267. The molecule has 0 aliphatic carbocycles. The second-order valence-corrected chi connectivity index (χ2v) is 4.51. The van der Waals surface area contributed by atoms with Crippen LogP contribution in [-0.4, -0.2) is 12.5 Å². The van der Waals surface area contributed by atoms with Crippen molar-refractivity contribution in [2.45, 2.75) is 19.4 Å². The first-order chi connectivity index (χ1) is 9.72. The van der Waals surface area contributed by atoms with E-state index in [9.17, 15) is 4.79 Å². The van der Waals surface area contributed by atoms with Crippen LogP contribution in [0, 0.1) is 0 Å². The molecule has 0 unspecified atom stereocenters. The van der Waals surface area contributed by atoms with Gasteiger partial charge in [0.1, 0.15) is 5.76 Å². The molecule has 5 N–H and O–H groups in total. The number of hydrogen-bond donors (Lipinski definition) is 3. The molecule has 20 heavy (non-hydrogen) atoms. The van der Waals surface area contributed by atoms with Crippen molar-refractivity contribution in [1.29, 1.82) is 0 Å². The molecule has 1 aromatic heterocycles. The molecule has 0 bridgehead atoms. The molecule has 0 aliphatic heterocycles. The van der Waals surface area contributed by atoms with Gasteiger partial charge in [0.15, 0.2) is 5.76 Å². The summed E-state index contributed by atoms with van der Waals surface area (Å²) in [6.07, 6.45) is 1.59. The van der Waals surface area contributed by atoms with Crippen LogP contribution in [0.2, 0.25) is 0 Å². The molecule has 1 heterocycles. The van der Waals surface area contributed by atoms with Gasteiger partial charge in [-0.1, -0.05) is 12.1 Å². The van der Waals surface area contributed by atoms with Gasteiger partial charge >= 0.3 is 0 Å². The van der Waals surface area contributed by atoms with Crippen molar-refractivity contribution >= 4 is 11.6 Å². The lowest BCUT2D eigenvalue weighted by molar-refractivity contribution is 0.0995. The van der Waals surface area contributed by atoms with Crippen molar-refractivity contribution < 1.29 is 9.21 Å². The Morgan fingerprint density at radius 3 is 2.50 bits per heavy atom. The van der Waals surface area contributed by atoms with Gasteiger partial charge in [-0.15, -0.1) is 0 Å². The molecular formula is C15H19N3O2. The standard InChI is InChI=1S/C15H19N3O2/c16-9-1-2-13-7-8-14(20-13)15(19)18-12-5-3-11(10-17)4-6-12/h3-8H,1-2,9-10,16-17H2,(H,18,19). The Kier molecular flexibility index (Phi) is 4.92. The first-order valence-corrected chi connectivity index (χ1v) is 6.62. The third-order valence-electron chi connectivity index (χ3n) is 2.96. The van der Waals surface area contributed by atoms with Gasteiger partial charge < -0.3 is 21.2 Å². The van der Waals surface area contributed by atoms with Gasteiger partial charge in [0.25, 0.3) is 5.91 Å². The number of carbonyl (C=O) groups is 1. The number of rotatable bonds is 6. The maximum atomic E-state index is 12.0. The van der Waals surface area contributed by atoms with Crippen LogP contribution in [-0.2, 0) is 13.0 Å². The molecule has 1 aromatic carbocycles. The summed E-state index contributed by atoms with van der Waals surface area (Å²) in [5.41, 5.74) is 12.7. The molecule has 1 amide bonds. The van der Waals surface area contributed by atoms with E-state index in [1.165, 1.54) is 0 Å². The van der Waals surface area contributed by atoms with E-state index < -0.39 is 0 Å². The summed E-state index contributed by atoms with van der Waals surface area (Å²) >= 11 is 0. The zero-order valence-corrected chi connectivity index (χ0v) is 11.3. The highest BCUT2D eigenvalue weighted by molar-refractivity contribution is 6.02. The molecule has 5 nitrogen and oxygen atoms in total. The van der Waals surface area contributed by atoms with Gasteiger partial charge in [-0.3, -0.25) is 4.79 Å². The van der Waals surface area contributed by atoms with E-state index in [1.807, 2.05) is 30.3 Å². The average molecular weight is 273 g/mol. The predicted molar refractivity (Wildman–Crippen MR) is 78.4 cm³/mol. The van der Waals surface area contributed by atoms with Crippen LogP contribution in [0.4, 0.5) is 5.69 Å². The highest BCUT2D eigenvalue weighted by atomic mass is 16.3. The molecule has 106 valence electrons. The SMILES string of the molecule is NCCCc1ccc(C(=O)Nc2ccc(CN)cc2)o1. The van der Waals surface area contributed by atoms with Crippen molar-refractivity contribution in [3.63, 3.8) is 0 Å². The lowest BCUT2D eigenvalue weighted by Crippen LogP contribution is -2.11. The lowest BCUT2D eigenvalue weighted by atomic mass is 10.2. The van der Waals surface area contributed by atoms with Gasteiger partial charge in [-0.25, -0.2) is 0 Å². The quantitative estimate of drug-likeness (QED) is 0.749. The third kappa shape index (κ3) is 3.69. The van der Waals surface area contributed by atoms with E-state index >= 15 is 0 Å². The molecular weight excluding hydrogens is 254 g/mol. The molecule has 5 heteroatoms. The Labute approximate surface area is 117 Å². The van der Waals surface area contributed by atoms with Gasteiger partial charge in [0.05, 0.1) is 0 Å². The molecule has 0 saturated heterocycles. The minimum absolute atomic E-state index is 0.260. The Balaban J connectivity index is 1.98. The fourth-order valence-electron chi connectivity index (χ4n) is 1.83. The maximum Gasteiger partial charge on any atom is 0.291 e. The van der Waals surface area contributed by atoms with Crippen LogP contribution in [0.3, 0.4) is 0 Å². The molecule has 0 saturated carbocycles. The molecule has 0 fully saturated rings. The monoisotopic (exact) mass is 273 g/mol. The summed E-state index contributed by atoms with van der Waals surface area (Å²) in [5, 5.41) is 2.78. The number of carbonyl (C=O) groups excluding carboxylic acids is 1. The van der Waals surface area contributed by atoms with Crippen LogP contribution in [0.1, 0.15) is 28.3 Å². The molecule has 0 atom stereocenters. The third-order valence-corrected chi connectivity index (χ3v) is 2.96. The molecule has 2 rings (SSSR count). The number of amides is 1. The largest absolute Gasteiger partial charge is 0.456 e. The van der Waals surface area contributed by atoms with Crippen LogP contribution in [0.25, 0.3) is 0 Å². The van der Waals surface area contributed by atoms with Gasteiger partial charge in [-0.05, 0) is 42.8 Å². The smallest absolute Gasteiger partial charge is 0.291 e. The van der Waals surface area contributed by atoms with E-state index in [2.05, 4.69) is 5.32 Å². The number of nitrogens with two attached hydrogens (primary N) is 2. The average Bonchev–Trinajstić information content (AvgIpc) is 2.95. The first kappa shape index (κ1) is 14.3. The summed E-state index contributed by atoms with van der Waals surface area (Å²) in [7, 11) is 0. The van der Waals surface area contributed by atoms with Crippen molar-refractivity contribution in [3.8, 4) is 0 Å². The Hall–Kier alpha value is -2.11. The van der Waals surface area contributed by atoms with E-state index in [4.69, 9.17) is 15.9 Å².